The van der Waals surface area contributed by atoms with Gasteiger partial charge in [-0.2, -0.15) is 0 Å². The van der Waals surface area contributed by atoms with Gasteiger partial charge in [0.25, 0.3) is 5.91 Å². The molecule has 0 saturated carbocycles. The molecule has 1 amide bonds. The monoisotopic (exact) mass is 348 g/mol. The molecule has 1 aromatic heterocycles. The minimum Gasteiger partial charge on any atom is -0.388 e. The van der Waals surface area contributed by atoms with Crippen molar-refractivity contribution in [3.63, 3.8) is 0 Å². The molecule has 0 radical (unpaired) electrons. The number of aliphatic hydroxyl groups is 1. The van der Waals surface area contributed by atoms with Crippen molar-refractivity contribution in [3.05, 3.63) is 64.7 Å². The Morgan fingerprint density at radius 2 is 1.92 bits per heavy atom. The van der Waals surface area contributed by atoms with E-state index in [-0.39, 0.29) is 17.4 Å². The first-order chi connectivity index (χ1) is 11.6. The second-order valence-electron chi connectivity index (χ2n) is 5.98. The molecular weight excluding hydrogens is 331 g/mol. The van der Waals surface area contributed by atoms with E-state index in [0.29, 0.717) is 31.0 Å². The summed E-state index contributed by atoms with van der Waals surface area (Å²) in [6, 6.07) is 8.54. The summed E-state index contributed by atoms with van der Waals surface area (Å²) >= 11 is 5.87. The van der Waals surface area contributed by atoms with E-state index in [0.717, 1.165) is 11.8 Å². The molecule has 0 aliphatic carbocycles. The van der Waals surface area contributed by atoms with Gasteiger partial charge in [0.2, 0.25) is 0 Å². The highest BCUT2D eigenvalue weighted by Crippen LogP contribution is 2.31. The number of amides is 1. The first-order valence-electron chi connectivity index (χ1n) is 7.88. The van der Waals surface area contributed by atoms with Gasteiger partial charge in [0, 0.05) is 24.3 Å². The van der Waals surface area contributed by atoms with E-state index in [4.69, 9.17) is 11.6 Å². The average molecular weight is 349 g/mol. The lowest BCUT2D eigenvalue weighted by atomic mass is 9.87. The van der Waals surface area contributed by atoms with Crippen LogP contribution < -0.4 is 0 Å². The van der Waals surface area contributed by atoms with E-state index in [9.17, 15) is 14.3 Å². The van der Waals surface area contributed by atoms with Crippen LogP contribution in [0, 0.1) is 11.7 Å². The standard InChI is InChI=1S/C18H18ClFN2O2/c19-14-3-1-12(2-4-14)17(23)13-6-9-22(10-7-13)18(24)15-5-8-21-11-16(15)20/h1-5,8,11,13,17,23H,6-7,9-10H2/t17-/m0/s1. The number of pyridine rings is 1. The molecule has 1 aliphatic rings. The van der Waals surface area contributed by atoms with Crippen molar-refractivity contribution in [2.24, 2.45) is 5.92 Å². The summed E-state index contributed by atoms with van der Waals surface area (Å²) in [5.41, 5.74) is 0.867. The number of hydrogen-bond acceptors (Lipinski definition) is 3. The Labute approximate surface area is 144 Å². The van der Waals surface area contributed by atoms with Crippen molar-refractivity contribution in [2.45, 2.75) is 18.9 Å². The van der Waals surface area contributed by atoms with Gasteiger partial charge in [-0.15, -0.1) is 0 Å². The van der Waals surface area contributed by atoms with Crippen LogP contribution in [0.1, 0.15) is 34.9 Å². The number of benzene rings is 1. The van der Waals surface area contributed by atoms with E-state index < -0.39 is 11.9 Å². The third-order valence-electron chi connectivity index (χ3n) is 4.49. The Morgan fingerprint density at radius 1 is 1.25 bits per heavy atom. The van der Waals surface area contributed by atoms with Gasteiger partial charge in [0.15, 0.2) is 5.82 Å². The quantitative estimate of drug-likeness (QED) is 0.924. The van der Waals surface area contributed by atoms with E-state index in [1.807, 2.05) is 12.1 Å². The minimum absolute atomic E-state index is 0.0432. The smallest absolute Gasteiger partial charge is 0.256 e. The number of nitrogens with zero attached hydrogens (tertiary/aromatic N) is 2. The molecule has 6 heteroatoms. The first-order valence-corrected chi connectivity index (χ1v) is 8.26. The number of aromatic nitrogens is 1. The van der Waals surface area contributed by atoms with Gasteiger partial charge in [0.05, 0.1) is 17.9 Å². The number of piperidine rings is 1. The summed E-state index contributed by atoms with van der Waals surface area (Å²) in [6.07, 6.45) is 3.21. The fraction of sp³-hybridized carbons (Fsp3) is 0.333. The highest BCUT2D eigenvalue weighted by molar-refractivity contribution is 6.30. The predicted molar refractivity (Wildman–Crippen MR) is 89.2 cm³/mol. The molecule has 2 aromatic rings. The molecular formula is C18H18ClFN2O2. The second kappa shape index (κ2) is 7.28. The van der Waals surface area contributed by atoms with Gasteiger partial charge in [-0.25, -0.2) is 4.39 Å². The third-order valence-corrected chi connectivity index (χ3v) is 4.74. The van der Waals surface area contributed by atoms with Gasteiger partial charge in [-0.05, 0) is 42.5 Å². The SMILES string of the molecule is O=C(c1ccncc1F)N1CCC([C@@H](O)c2ccc(Cl)cc2)CC1. The van der Waals surface area contributed by atoms with Crippen molar-refractivity contribution < 1.29 is 14.3 Å². The first kappa shape index (κ1) is 16.9. The molecule has 2 heterocycles. The highest BCUT2D eigenvalue weighted by Gasteiger charge is 2.29. The van der Waals surface area contributed by atoms with E-state index in [1.165, 1.54) is 12.3 Å². The molecule has 24 heavy (non-hydrogen) atoms. The lowest BCUT2D eigenvalue weighted by Gasteiger charge is -2.34. The van der Waals surface area contributed by atoms with Gasteiger partial charge in [-0.1, -0.05) is 23.7 Å². The van der Waals surface area contributed by atoms with Gasteiger partial charge in [-0.3, -0.25) is 9.78 Å². The average Bonchev–Trinajstić information content (AvgIpc) is 2.62. The number of aliphatic hydroxyl groups excluding tert-OH is 1. The zero-order valence-electron chi connectivity index (χ0n) is 13.0. The summed E-state index contributed by atoms with van der Waals surface area (Å²) in [7, 11) is 0. The van der Waals surface area contributed by atoms with Crippen LogP contribution in [-0.2, 0) is 0 Å². The normalized spacial score (nSPS) is 16.9. The molecule has 3 rings (SSSR count). The number of rotatable bonds is 3. The van der Waals surface area contributed by atoms with Crippen LogP contribution in [0.2, 0.25) is 5.02 Å². The van der Waals surface area contributed by atoms with Gasteiger partial charge >= 0.3 is 0 Å². The van der Waals surface area contributed by atoms with Crippen molar-refractivity contribution in [2.75, 3.05) is 13.1 Å². The largest absolute Gasteiger partial charge is 0.388 e. The van der Waals surface area contributed by atoms with Crippen molar-refractivity contribution in [3.8, 4) is 0 Å². The Balaban J connectivity index is 1.62. The maximum absolute atomic E-state index is 13.7. The highest BCUT2D eigenvalue weighted by atomic mass is 35.5. The maximum atomic E-state index is 13.7. The van der Waals surface area contributed by atoms with Crippen LogP contribution in [0.5, 0.6) is 0 Å². The Hall–Kier alpha value is -1.98. The summed E-state index contributed by atoms with van der Waals surface area (Å²) in [5.74, 6) is -0.863. The van der Waals surface area contributed by atoms with Crippen LogP contribution in [0.4, 0.5) is 4.39 Å². The van der Waals surface area contributed by atoms with Crippen LogP contribution >= 0.6 is 11.6 Å². The van der Waals surface area contributed by atoms with Gasteiger partial charge < -0.3 is 10.0 Å². The lowest BCUT2D eigenvalue weighted by Crippen LogP contribution is -2.40. The van der Waals surface area contributed by atoms with Crippen LogP contribution in [0.15, 0.2) is 42.7 Å². The summed E-state index contributed by atoms with van der Waals surface area (Å²) in [4.78, 5) is 17.7. The minimum atomic E-state index is -0.606. The summed E-state index contributed by atoms with van der Waals surface area (Å²) < 4.78 is 13.7. The summed E-state index contributed by atoms with van der Waals surface area (Å²) in [6.45, 7) is 0.992. The maximum Gasteiger partial charge on any atom is 0.256 e. The molecule has 0 spiro atoms. The Morgan fingerprint density at radius 3 is 2.54 bits per heavy atom. The molecule has 0 bridgehead atoms. The molecule has 1 fully saturated rings. The zero-order valence-corrected chi connectivity index (χ0v) is 13.8. The zero-order chi connectivity index (χ0) is 17.1. The van der Waals surface area contributed by atoms with Crippen molar-refractivity contribution in [1.82, 2.24) is 9.88 Å². The summed E-state index contributed by atoms with van der Waals surface area (Å²) in [5, 5.41) is 11.1. The van der Waals surface area contributed by atoms with E-state index in [1.54, 1.807) is 17.0 Å². The predicted octanol–water partition coefficient (Wildman–Crippen LogP) is 3.46. The molecule has 126 valence electrons. The molecule has 0 unspecified atom stereocenters. The number of likely N-dealkylation sites (tertiary alicyclic amines) is 1. The Kier molecular flexibility index (Phi) is 5.11. The molecule has 1 aromatic carbocycles. The van der Waals surface area contributed by atoms with Crippen LogP contribution in [0.3, 0.4) is 0 Å². The molecule has 1 saturated heterocycles. The molecule has 1 N–H and O–H groups in total. The third kappa shape index (κ3) is 3.57. The van der Waals surface area contributed by atoms with Gasteiger partial charge in [0.1, 0.15) is 0 Å². The number of carbonyl (C=O) groups is 1. The fourth-order valence-corrected chi connectivity index (χ4v) is 3.20. The lowest BCUT2D eigenvalue weighted by molar-refractivity contribution is 0.0459. The Bertz CT molecular complexity index is 715. The van der Waals surface area contributed by atoms with Crippen molar-refractivity contribution in [1.29, 1.82) is 0 Å². The van der Waals surface area contributed by atoms with Crippen LogP contribution in [-0.4, -0.2) is 34.0 Å². The topological polar surface area (TPSA) is 53.4 Å². The molecule has 1 aliphatic heterocycles. The second-order valence-corrected chi connectivity index (χ2v) is 6.42. The van der Waals surface area contributed by atoms with Crippen LogP contribution in [0.25, 0.3) is 0 Å². The molecule has 4 nitrogen and oxygen atoms in total. The number of carbonyl (C=O) groups excluding carboxylic acids is 1. The molecule has 1 atom stereocenters. The van der Waals surface area contributed by atoms with Crippen molar-refractivity contribution >= 4 is 17.5 Å². The number of hydrogen-bond donors (Lipinski definition) is 1. The fourth-order valence-electron chi connectivity index (χ4n) is 3.07. The number of halogens is 2. The van der Waals surface area contributed by atoms with E-state index in [2.05, 4.69) is 4.98 Å². The van der Waals surface area contributed by atoms with E-state index >= 15 is 0 Å².